The quantitative estimate of drug-likeness (QED) is 0.885. The fourth-order valence-corrected chi connectivity index (χ4v) is 2.87. The number of amides is 2. The van der Waals surface area contributed by atoms with Gasteiger partial charge in [-0.3, -0.25) is 0 Å². The van der Waals surface area contributed by atoms with Crippen molar-refractivity contribution in [3.05, 3.63) is 53.6 Å². The minimum Gasteiger partial charge on any atom is -0.378 e. The van der Waals surface area contributed by atoms with Gasteiger partial charge in [-0.1, -0.05) is 17.7 Å². The number of hydrogen-bond donors (Lipinski definition) is 2. The van der Waals surface area contributed by atoms with Crippen molar-refractivity contribution in [3.63, 3.8) is 0 Å². The van der Waals surface area contributed by atoms with Gasteiger partial charge < -0.3 is 10.2 Å². The molecule has 0 radical (unpaired) electrons. The van der Waals surface area contributed by atoms with Crippen molar-refractivity contribution in [1.82, 2.24) is 4.72 Å². The molecule has 6 nitrogen and oxygen atoms in total. The molecule has 2 N–H and O–H groups in total. The van der Waals surface area contributed by atoms with E-state index in [0.29, 0.717) is 16.4 Å². The number of benzene rings is 2. The van der Waals surface area contributed by atoms with Crippen LogP contribution in [0.15, 0.2) is 53.4 Å². The van der Waals surface area contributed by atoms with E-state index in [1.165, 1.54) is 12.1 Å². The zero-order valence-electron chi connectivity index (χ0n) is 12.6. The number of urea groups is 1. The Hall–Kier alpha value is -2.25. The Kier molecular flexibility index (Phi) is 5.12. The van der Waals surface area contributed by atoms with Gasteiger partial charge in [0.1, 0.15) is 0 Å². The van der Waals surface area contributed by atoms with Crippen molar-refractivity contribution >= 4 is 39.0 Å². The molecule has 0 fully saturated rings. The Bertz CT molecular complexity index is 805. The number of anilines is 2. The average molecular weight is 354 g/mol. The molecule has 2 rings (SSSR count). The molecule has 0 unspecified atom stereocenters. The first-order chi connectivity index (χ1) is 10.8. The summed E-state index contributed by atoms with van der Waals surface area (Å²) in [5.74, 6) is 0. The Morgan fingerprint density at radius 2 is 1.74 bits per heavy atom. The zero-order valence-corrected chi connectivity index (χ0v) is 14.1. The lowest BCUT2D eigenvalue weighted by Crippen LogP contribution is -2.34. The lowest BCUT2D eigenvalue weighted by atomic mass is 10.3. The van der Waals surface area contributed by atoms with Gasteiger partial charge in [0.05, 0.1) is 4.90 Å². The molecule has 0 saturated heterocycles. The predicted molar refractivity (Wildman–Crippen MR) is 91.6 cm³/mol. The molecular formula is C15H16ClN3O3S. The molecule has 23 heavy (non-hydrogen) atoms. The highest BCUT2D eigenvalue weighted by atomic mass is 35.5. The number of carbonyl (C=O) groups excluding carboxylic acids is 1. The number of rotatable bonds is 4. The van der Waals surface area contributed by atoms with Gasteiger partial charge in [-0.25, -0.2) is 17.9 Å². The summed E-state index contributed by atoms with van der Waals surface area (Å²) >= 11 is 5.75. The number of carbonyl (C=O) groups is 1. The summed E-state index contributed by atoms with van der Waals surface area (Å²) in [6.45, 7) is 0. The number of halogens is 1. The summed E-state index contributed by atoms with van der Waals surface area (Å²) in [5, 5.41) is 2.95. The molecule has 2 amide bonds. The molecule has 0 spiro atoms. The van der Waals surface area contributed by atoms with E-state index in [2.05, 4.69) is 5.32 Å². The molecule has 0 saturated carbocycles. The van der Waals surface area contributed by atoms with Crippen LogP contribution >= 0.6 is 11.6 Å². The average Bonchev–Trinajstić information content (AvgIpc) is 2.49. The molecule has 0 aromatic heterocycles. The Morgan fingerprint density at radius 1 is 1.09 bits per heavy atom. The van der Waals surface area contributed by atoms with E-state index >= 15 is 0 Å². The van der Waals surface area contributed by atoms with E-state index in [-0.39, 0.29) is 4.90 Å². The monoisotopic (exact) mass is 353 g/mol. The van der Waals surface area contributed by atoms with Crippen LogP contribution in [-0.4, -0.2) is 28.5 Å². The van der Waals surface area contributed by atoms with Crippen LogP contribution < -0.4 is 14.9 Å². The molecule has 0 atom stereocenters. The maximum atomic E-state index is 12.3. The summed E-state index contributed by atoms with van der Waals surface area (Å²) in [7, 11) is -0.363. The molecule has 122 valence electrons. The van der Waals surface area contributed by atoms with Crippen LogP contribution in [0.2, 0.25) is 5.02 Å². The van der Waals surface area contributed by atoms with Crippen LogP contribution in [0.5, 0.6) is 0 Å². The topological polar surface area (TPSA) is 78.5 Å². The molecule has 8 heteroatoms. The van der Waals surface area contributed by atoms with Crippen LogP contribution in [0, 0.1) is 0 Å². The van der Waals surface area contributed by atoms with Crippen molar-refractivity contribution in [2.24, 2.45) is 0 Å². The fraction of sp³-hybridized carbons (Fsp3) is 0.133. The van der Waals surface area contributed by atoms with Gasteiger partial charge in [0.25, 0.3) is 10.0 Å². The highest BCUT2D eigenvalue weighted by Gasteiger charge is 2.18. The maximum absolute atomic E-state index is 12.3. The van der Waals surface area contributed by atoms with Gasteiger partial charge in [0, 0.05) is 30.5 Å². The second-order valence-electron chi connectivity index (χ2n) is 4.96. The third-order valence-electron chi connectivity index (χ3n) is 2.97. The molecule has 0 aliphatic carbocycles. The Labute approximate surface area is 140 Å². The maximum Gasteiger partial charge on any atom is 0.333 e. The third kappa shape index (κ3) is 4.61. The van der Waals surface area contributed by atoms with Crippen molar-refractivity contribution in [2.45, 2.75) is 4.90 Å². The predicted octanol–water partition coefficient (Wildman–Crippen LogP) is 2.92. The van der Waals surface area contributed by atoms with E-state index in [4.69, 9.17) is 11.6 Å². The van der Waals surface area contributed by atoms with Gasteiger partial charge in [-0.05, 0) is 42.5 Å². The van der Waals surface area contributed by atoms with E-state index in [9.17, 15) is 13.2 Å². The van der Waals surface area contributed by atoms with Crippen LogP contribution in [0.1, 0.15) is 0 Å². The Morgan fingerprint density at radius 3 is 2.35 bits per heavy atom. The lowest BCUT2D eigenvalue weighted by Gasteiger charge is -2.14. The second-order valence-corrected chi connectivity index (χ2v) is 7.08. The highest BCUT2D eigenvalue weighted by molar-refractivity contribution is 7.90. The summed E-state index contributed by atoms with van der Waals surface area (Å²) < 4.78 is 26.5. The van der Waals surface area contributed by atoms with Gasteiger partial charge in [-0.15, -0.1) is 0 Å². The van der Waals surface area contributed by atoms with Crippen LogP contribution in [0.4, 0.5) is 16.2 Å². The minimum absolute atomic E-state index is 0.00922. The van der Waals surface area contributed by atoms with Crippen molar-refractivity contribution in [2.75, 3.05) is 24.3 Å². The molecule has 0 aliphatic rings. The second kappa shape index (κ2) is 6.89. The molecule has 0 aliphatic heterocycles. The first-order valence-electron chi connectivity index (χ1n) is 6.65. The molecule has 0 heterocycles. The van der Waals surface area contributed by atoms with Crippen molar-refractivity contribution in [1.29, 1.82) is 0 Å². The third-order valence-corrected chi connectivity index (χ3v) is 4.55. The van der Waals surface area contributed by atoms with Gasteiger partial charge in [-0.2, -0.15) is 0 Å². The highest BCUT2D eigenvalue weighted by Crippen LogP contribution is 2.18. The molecular weight excluding hydrogens is 338 g/mol. The Balaban J connectivity index is 2.12. The molecule has 2 aromatic rings. The number of nitrogens with zero attached hydrogens (tertiary/aromatic N) is 1. The van der Waals surface area contributed by atoms with E-state index in [0.717, 1.165) is 0 Å². The number of sulfonamides is 1. The number of hydrogen-bond acceptors (Lipinski definition) is 4. The van der Waals surface area contributed by atoms with Crippen LogP contribution in [0.3, 0.4) is 0 Å². The summed E-state index contributed by atoms with van der Waals surface area (Å²) in [4.78, 5) is 13.6. The summed E-state index contributed by atoms with van der Waals surface area (Å²) in [6.07, 6.45) is 0. The lowest BCUT2D eigenvalue weighted by molar-refractivity contribution is 0.256. The van der Waals surface area contributed by atoms with E-state index in [1.54, 1.807) is 55.4 Å². The number of nitrogens with one attached hydrogen (secondary N) is 2. The van der Waals surface area contributed by atoms with Crippen molar-refractivity contribution < 1.29 is 13.2 Å². The van der Waals surface area contributed by atoms with E-state index in [1.807, 2.05) is 4.72 Å². The van der Waals surface area contributed by atoms with Crippen LogP contribution in [-0.2, 0) is 10.0 Å². The zero-order chi connectivity index (χ0) is 17.0. The molecule has 2 aromatic carbocycles. The van der Waals surface area contributed by atoms with Gasteiger partial charge in [0.15, 0.2) is 0 Å². The van der Waals surface area contributed by atoms with Crippen LogP contribution in [0.25, 0.3) is 0 Å². The first kappa shape index (κ1) is 17.1. The summed E-state index contributed by atoms with van der Waals surface area (Å²) in [6, 6.07) is 11.8. The standard InChI is InChI=1S/C15H16ClN3O3S/c1-19(2)13-4-3-5-14(10-13)23(21,22)18-15(20)17-12-8-6-11(16)7-9-12/h3-10H,1-2H3,(H2,17,18,20). The van der Waals surface area contributed by atoms with Gasteiger partial charge >= 0.3 is 6.03 Å². The first-order valence-corrected chi connectivity index (χ1v) is 8.51. The minimum atomic E-state index is -3.96. The van der Waals surface area contributed by atoms with Gasteiger partial charge in [0.2, 0.25) is 0 Å². The van der Waals surface area contributed by atoms with E-state index < -0.39 is 16.1 Å². The smallest absolute Gasteiger partial charge is 0.333 e. The van der Waals surface area contributed by atoms with Crippen molar-refractivity contribution in [3.8, 4) is 0 Å². The summed E-state index contributed by atoms with van der Waals surface area (Å²) in [5.41, 5.74) is 1.15. The normalized spacial score (nSPS) is 10.9. The largest absolute Gasteiger partial charge is 0.378 e. The molecule has 0 bridgehead atoms. The fourth-order valence-electron chi connectivity index (χ4n) is 1.80. The SMILES string of the molecule is CN(C)c1cccc(S(=O)(=O)NC(=O)Nc2ccc(Cl)cc2)c1.